The fraction of sp³-hybridized carbons (Fsp3) is 0.778. The number of nitrogens with zero attached hydrogens (tertiary/aromatic N) is 1. The van der Waals surface area contributed by atoms with Crippen LogP contribution in [0.1, 0.15) is 63.0 Å². The molecule has 0 bridgehead atoms. The van der Waals surface area contributed by atoms with E-state index in [2.05, 4.69) is 44.1 Å². The van der Waals surface area contributed by atoms with Gasteiger partial charge in [-0.25, -0.2) is 0 Å². The lowest BCUT2D eigenvalue weighted by Crippen LogP contribution is -2.35. The van der Waals surface area contributed by atoms with Crippen LogP contribution in [0.2, 0.25) is 0 Å². The standard InChI is InChI=1S/C18H32N2O/c1-5-9-19-12-18-11-16(15(3)21-18)13-20(4)17-8-6-7-14(2)10-17/h11,14,17,19H,5-10,12-13H2,1-4H3. The highest BCUT2D eigenvalue weighted by Crippen LogP contribution is 2.28. The molecule has 3 heteroatoms. The van der Waals surface area contributed by atoms with Crippen LogP contribution in [0.25, 0.3) is 0 Å². The summed E-state index contributed by atoms with van der Waals surface area (Å²) < 4.78 is 5.88. The van der Waals surface area contributed by atoms with Gasteiger partial charge >= 0.3 is 0 Å². The van der Waals surface area contributed by atoms with Gasteiger partial charge in [0.1, 0.15) is 11.5 Å². The van der Waals surface area contributed by atoms with Gasteiger partial charge < -0.3 is 9.73 Å². The number of hydrogen-bond acceptors (Lipinski definition) is 3. The quantitative estimate of drug-likeness (QED) is 0.767. The predicted octanol–water partition coefficient (Wildman–Crippen LogP) is 4.10. The highest BCUT2D eigenvalue weighted by atomic mass is 16.3. The predicted molar refractivity (Wildman–Crippen MR) is 88.3 cm³/mol. The molecule has 1 aromatic rings. The van der Waals surface area contributed by atoms with Crippen LogP contribution in [0.5, 0.6) is 0 Å². The summed E-state index contributed by atoms with van der Waals surface area (Å²) in [5.41, 5.74) is 1.35. The summed E-state index contributed by atoms with van der Waals surface area (Å²) in [7, 11) is 2.27. The van der Waals surface area contributed by atoms with Gasteiger partial charge in [-0.2, -0.15) is 0 Å². The van der Waals surface area contributed by atoms with Gasteiger partial charge in [0.05, 0.1) is 6.54 Å². The SMILES string of the molecule is CCCNCc1cc(CN(C)C2CCCC(C)C2)c(C)o1. The Balaban J connectivity index is 1.89. The van der Waals surface area contributed by atoms with Crippen molar-refractivity contribution in [1.82, 2.24) is 10.2 Å². The van der Waals surface area contributed by atoms with E-state index in [1.165, 1.54) is 31.2 Å². The molecule has 0 amide bonds. The zero-order valence-electron chi connectivity index (χ0n) is 14.2. The van der Waals surface area contributed by atoms with Crippen molar-refractivity contribution < 1.29 is 4.42 Å². The summed E-state index contributed by atoms with van der Waals surface area (Å²) in [5.74, 6) is 3.03. The summed E-state index contributed by atoms with van der Waals surface area (Å²) in [4.78, 5) is 2.52. The zero-order chi connectivity index (χ0) is 15.2. The van der Waals surface area contributed by atoms with Crippen molar-refractivity contribution in [2.24, 2.45) is 5.92 Å². The van der Waals surface area contributed by atoms with Crippen molar-refractivity contribution in [1.29, 1.82) is 0 Å². The summed E-state index contributed by atoms with van der Waals surface area (Å²) in [6.45, 7) is 9.58. The third kappa shape index (κ3) is 4.86. The molecule has 1 fully saturated rings. The lowest BCUT2D eigenvalue weighted by molar-refractivity contribution is 0.157. The first-order valence-corrected chi connectivity index (χ1v) is 8.59. The van der Waals surface area contributed by atoms with E-state index in [1.54, 1.807) is 0 Å². The van der Waals surface area contributed by atoms with E-state index in [1.807, 2.05) is 0 Å². The van der Waals surface area contributed by atoms with Crippen LogP contribution in [0.3, 0.4) is 0 Å². The number of hydrogen-bond donors (Lipinski definition) is 1. The van der Waals surface area contributed by atoms with E-state index in [9.17, 15) is 0 Å². The molecule has 3 nitrogen and oxygen atoms in total. The molecule has 2 atom stereocenters. The van der Waals surface area contributed by atoms with Gasteiger partial charge in [0.15, 0.2) is 0 Å². The number of furan rings is 1. The average molecular weight is 292 g/mol. The fourth-order valence-electron chi connectivity index (χ4n) is 3.42. The molecule has 120 valence electrons. The molecule has 0 aliphatic heterocycles. The van der Waals surface area contributed by atoms with Crippen molar-refractivity contribution in [2.45, 2.75) is 72.0 Å². The maximum atomic E-state index is 5.88. The van der Waals surface area contributed by atoms with Gasteiger partial charge in [0, 0.05) is 18.2 Å². The molecule has 1 aliphatic carbocycles. The largest absolute Gasteiger partial charge is 0.465 e. The molecular formula is C18H32N2O. The Morgan fingerprint density at radius 2 is 2.19 bits per heavy atom. The minimum Gasteiger partial charge on any atom is -0.465 e. The fourth-order valence-corrected chi connectivity index (χ4v) is 3.42. The van der Waals surface area contributed by atoms with Gasteiger partial charge in [-0.15, -0.1) is 0 Å². The zero-order valence-corrected chi connectivity index (χ0v) is 14.2. The Kier molecular flexibility index (Phi) is 6.31. The van der Waals surface area contributed by atoms with E-state index in [-0.39, 0.29) is 0 Å². The third-order valence-corrected chi connectivity index (χ3v) is 4.75. The van der Waals surface area contributed by atoms with Crippen molar-refractivity contribution in [3.8, 4) is 0 Å². The van der Waals surface area contributed by atoms with Crippen LogP contribution in [0, 0.1) is 12.8 Å². The molecule has 1 heterocycles. The monoisotopic (exact) mass is 292 g/mol. The van der Waals surface area contributed by atoms with Crippen LogP contribution in [0.4, 0.5) is 0 Å². The van der Waals surface area contributed by atoms with E-state index >= 15 is 0 Å². The number of rotatable bonds is 7. The highest BCUT2D eigenvalue weighted by Gasteiger charge is 2.23. The van der Waals surface area contributed by atoms with Gasteiger partial charge in [-0.05, 0) is 51.8 Å². The molecule has 0 aromatic carbocycles. The van der Waals surface area contributed by atoms with Crippen molar-refractivity contribution in [2.75, 3.05) is 13.6 Å². The molecule has 0 saturated heterocycles. The van der Waals surface area contributed by atoms with E-state index in [0.717, 1.165) is 49.5 Å². The second kappa shape index (κ2) is 8.00. The van der Waals surface area contributed by atoms with Gasteiger partial charge in [0.25, 0.3) is 0 Å². The second-order valence-corrected chi connectivity index (χ2v) is 6.81. The Labute approximate surface area is 130 Å². The first-order valence-electron chi connectivity index (χ1n) is 8.59. The van der Waals surface area contributed by atoms with E-state index in [0.29, 0.717) is 0 Å². The molecule has 2 rings (SSSR count). The van der Waals surface area contributed by atoms with Crippen LogP contribution in [-0.2, 0) is 13.1 Å². The molecule has 0 radical (unpaired) electrons. The molecule has 1 aromatic heterocycles. The Bertz CT molecular complexity index is 427. The van der Waals surface area contributed by atoms with Gasteiger partial charge in [0.2, 0.25) is 0 Å². The smallest absolute Gasteiger partial charge is 0.118 e. The summed E-state index contributed by atoms with van der Waals surface area (Å²) in [6, 6.07) is 2.98. The summed E-state index contributed by atoms with van der Waals surface area (Å²) in [5, 5.41) is 3.41. The Morgan fingerprint density at radius 1 is 1.38 bits per heavy atom. The van der Waals surface area contributed by atoms with Gasteiger partial charge in [-0.3, -0.25) is 4.90 Å². The summed E-state index contributed by atoms with van der Waals surface area (Å²) >= 11 is 0. The lowest BCUT2D eigenvalue weighted by atomic mass is 9.86. The second-order valence-electron chi connectivity index (χ2n) is 6.81. The highest BCUT2D eigenvalue weighted by molar-refractivity contribution is 5.20. The van der Waals surface area contributed by atoms with Crippen LogP contribution < -0.4 is 5.32 Å². The molecular weight excluding hydrogens is 260 g/mol. The molecule has 0 spiro atoms. The van der Waals surface area contributed by atoms with Crippen LogP contribution in [0.15, 0.2) is 10.5 Å². The minimum atomic E-state index is 0.740. The van der Waals surface area contributed by atoms with E-state index < -0.39 is 0 Å². The number of nitrogens with one attached hydrogen (secondary N) is 1. The summed E-state index contributed by atoms with van der Waals surface area (Å²) in [6.07, 6.45) is 6.64. The molecule has 2 unspecified atom stereocenters. The average Bonchev–Trinajstić information content (AvgIpc) is 2.79. The molecule has 1 saturated carbocycles. The number of aryl methyl sites for hydroxylation is 1. The lowest BCUT2D eigenvalue weighted by Gasteiger charge is -2.34. The van der Waals surface area contributed by atoms with Gasteiger partial charge in [-0.1, -0.05) is 26.7 Å². The van der Waals surface area contributed by atoms with Crippen LogP contribution >= 0.6 is 0 Å². The van der Waals surface area contributed by atoms with Crippen molar-refractivity contribution >= 4 is 0 Å². The van der Waals surface area contributed by atoms with Crippen molar-refractivity contribution in [3.05, 3.63) is 23.2 Å². The first kappa shape index (κ1) is 16.6. The van der Waals surface area contributed by atoms with Crippen LogP contribution in [-0.4, -0.2) is 24.5 Å². The topological polar surface area (TPSA) is 28.4 Å². The minimum absolute atomic E-state index is 0.740. The third-order valence-electron chi connectivity index (χ3n) is 4.75. The maximum Gasteiger partial charge on any atom is 0.118 e. The Morgan fingerprint density at radius 3 is 2.90 bits per heavy atom. The van der Waals surface area contributed by atoms with Crippen molar-refractivity contribution in [3.63, 3.8) is 0 Å². The molecule has 1 aliphatic rings. The van der Waals surface area contributed by atoms with E-state index in [4.69, 9.17) is 4.42 Å². The Hall–Kier alpha value is -0.800. The molecule has 21 heavy (non-hydrogen) atoms. The first-order chi connectivity index (χ1) is 10.1. The normalized spacial score (nSPS) is 22.9. The maximum absolute atomic E-state index is 5.88. The molecule has 1 N–H and O–H groups in total.